The highest BCUT2D eigenvalue weighted by Crippen LogP contribution is 2.50. The van der Waals surface area contributed by atoms with Gasteiger partial charge in [-0.05, 0) is 48.2 Å². The fourth-order valence-electron chi connectivity index (χ4n) is 2.85. The molecular weight excluding hydrogens is 313 g/mol. The van der Waals surface area contributed by atoms with E-state index in [4.69, 9.17) is 9.05 Å². The molecule has 0 saturated carbocycles. The molecule has 0 saturated heterocycles. The maximum Gasteiger partial charge on any atom is 0.432 e. The molecule has 0 spiro atoms. The van der Waals surface area contributed by atoms with Crippen LogP contribution < -0.4 is 5.09 Å². The van der Waals surface area contributed by atoms with Gasteiger partial charge in [0.1, 0.15) is 6.10 Å². The second-order valence-electron chi connectivity index (χ2n) is 5.24. The number of aliphatic hydroxyl groups excluding tert-OH is 1. The maximum atomic E-state index is 12.6. The van der Waals surface area contributed by atoms with Crippen molar-refractivity contribution in [1.29, 1.82) is 0 Å². The molecule has 0 amide bonds. The van der Waals surface area contributed by atoms with Crippen LogP contribution in [0.4, 0.5) is 5.69 Å². The maximum absolute atomic E-state index is 12.6. The van der Waals surface area contributed by atoms with E-state index in [9.17, 15) is 9.67 Å². The number of nitrogens with one attached hydrogen (secondary N) is 1. The number of rotatable bonds is 6. The van der Waals surface area contributed by atoms with Crippen molar-refractivity contribution in [3.05, 3.63) is 53.6 Å². The molecule has 2 N–H and O–H groups in total. The largest absolute Gasteiger partial charge is 0.432 e. The summed E-state index contributed by atoms with van der Waals surface area (Å²) in [4.78, 5) is 0. The number of benzene rings is 2. The molecule has 3 rings (SSSR count). The SMILES string of the molecule is CCOP(=O)(Nc1ccc2c(c1)[C@H](O)c1ccccc1-2)OCC. The summed E-state index contributed by atoms with van der Waals surface area (Å²) < 4.78 is 23.0. The van der Waals surface area contributed by atoms with Crippen LogP contribution in [-0.4, -0.2) is 18.3 Å². The van der Waals surface area contributed by atoms with Crippen molar-refractivity contribution in [1.82, 2.24) is 0 Å². The van der Waals surface area contributed by atoms with Gasteiger partial charge < -0.3 is 5.11 Å². The van der Waals surface area contributed by atoms with Gasteiger partial charge in [-0.15, -0.1) is 0 Å². The second-order valence-corrected chi connectivity index (χ2v) is 6.97. The van der Waals surface area contributed by atoms with Crippen molar-refractivity contribution in [2.75, 3.05) is 18.3 Å². The summed E-state index contributed by atoms with van der Waals surface area (Å²) in [5.41, 5.74) is 4.29. The minimum atomic E-state index is -3.39. The lowest BCUT2D eigenvalue weighted by atomic mass is 10.1. The fourth-order valence-corrected chi connectivity index (χ4v) is 4.19. The van der Waals surface area contributed by atoms with Gasteiger partial charge in [-0.3, -0.25) is 14.1 Å². The quantitative estimate of drug-likeness (QED) is 0.770. The van der Waals surface area contributed by atoms with Crippen LogP contribution in [0.15, 0.2) is 42.5 Å². The third-order valence-electron chi connectivity index (χ3n) is 3.76. The van der Waals surface area contributed by atoms with Crippen molar-refractivity contribution >= 4 is 13.4 Å². The third-order valence-corrected chi connectivity index (χ3v) is 5.48. The van der Waals surface area contributed by atoms with Gasteiger partial charge in [-0.25, -0.2) is 4.57 Å². The molecule has 2 aromatic rings. The van der Waals surface area contributed by atoms with E-state index in [0.29, 0.717) is 5.69 Å². The zero-order valence-corrected chi connectivity index (χ0v) is 14.0. The Kier molecular flexibility index (Phi) is 4.55. The number of anilines is 1. The van der Waals surface area contributed by atoms with Gasteiger partial charge in [-0.1, -0.05) is 30.3 Å². The van der Waals surface area contributed by atoms with Crippen LogP contribution in [0.5, 0.6) is 0 Å². The first-order valence-electron chi connectivity index (χ1n) is 7.66. The molecule has 0 aliphatic heterocycles. The number of hydrogen-bond donors (Lipinski definition) is 2. The van der Waals surface area contributed by atoms with E-state index in [1.165, 1.54) is 0 Å². The Hall–Kier alpha value is -1.65. The van der Waals surface area contributed by atoms with Crippen LogP contribution in [-0.2, 0) is 13.6 Å². The lowest BCUT2D eigenvalue weighted by molar-refractivity contribution is 0.223. The van der Waals surface area contributed by atoms with Gasteiger partial charge in [0.25, 0.3) is 0 Å². The molecule has 0 radical (unpaired) electrons. The minimum Gasteiger partial charge on any atom is -0.384 e. The summed E-state index contributed by atoms with van der Waals surface area (Å²) in [6.45, 7) is 4.08. The molecule has 0 bridgehead atoms. The molecule has 23 heavy (non-hydrogen) atoms. The monoisotopic (exact) mass is 333 g/mol. The Labute approximate surface area is 135 Å². The highest BCUT2D eigenvalue weighted by atomic mass is 31.2. The summed E-state index contributed by atoms with van der Waals surface area (Å²) in [6, 6.07) is 13.3. The van der Waals surface area contributed by atoms with Crippen molar-refractivity contribution in [3.63, 3.8) is 0 Å². The van der Waals surface area contributed by atoms with Crippen LogP contribution in [0.2, 0.25) is 0 Å². The van der Waals surface area contributed by atoms with Crippen molar-refractivity contribution in [2.24, 2.45) is 0 Å². The first-order valence-corrected chi connectivity index (χ1v) is 9.21. The highest BCUT2D eigenvalue weighted by Gasteiger charge is 2.29. The predicted molar refractivity (Wildman–Crippen MR) is 90.4 cm³/mol. The lowest BCUT2D eigenvalue weighted by Gasteiger charge is -2.19. The molecule has 6 heteroatoms. The van der Waals surface area contributed by atoms with Gasteiger partial charge >= 0.3 is 7.75 Å². The minimum absolute atomic E-state index is 0.281. The van der Waals surface area contributed by atoms with Gasteiger partial charge in [0.2, 0.25) is 0 Å². The normalized spacial score (nSPS) is 16.0. The lowest BCUT2D eigenvalue weighted by Crippen LogP contribution is -2.05. The first-order chi connectivity index (χ1) is 11.1. The summed E-state index contributed by atoms with van der Waals surface area (Å²) in [6.07, 6.45) is -0.679. The fraction of sp³-hybridized carbons (Fsp3) is 0.294. The summed E-state index contributed by atoms with van der Waals surface area (Å²) >= 11 is 0. The zero-order chi connectivity index (χ0) is 16.4. The van der Waals surface area contributed by atoms with Crippen molar-refractivity contribution in [3.8, 4) is 11.1 Å². The average Bonchev–Trinajstić information content (AvgIpc) is 2.81. The molecule has 1 aliphatic carbocycles. The molecule has 5 nitrogen and oxygen atoms in total. The van der Waals surface area contributed by atoms with Crippen LogP contribution in [0, 0.1) is 0 Å². The second kappa shape index (κ2) is 6.46. The van der Waals surface area contributed by atoms with Gasteiger partial charge in [0, 0.05) is 5.69 Å². The highest BCUT2D eigenvalue weighted by molar-refractivity contribution is 7.55. The van der Waals surface area contributed by atoms with E-state index < -0.39 is 13.9 Å². The Morgan fingerprint density at radius 2 is 1.70 bits per heavy atom. The van der Waals surface area contributed by atoms with E-state index >= 15 is 0 Å². The molecule has 1 atom stereocenters. The summed E-state index contributed by atoms with van der Waals surface area (Å²) in [5.74, 6) is 0. The molecule has 1 aliphatic rings. The summed E-state index contributed by atoms with van der Waals surface area (Å²) in [5, 5.41) is 13.3. The average molecular weight is 333 g/mol. The molecule has 0 unspecified atom stereocenters. The van der Waals surface area contributed by atoms with Gasteiger partial charge in [-0.2, -0.15) is 0 Å². The Morgan fingerprint density at radius 1 is 1.04 bits per heavy atom. The van der Waals surface area contributed by atoms with E-state index in [2.05, 4.69) is 5.09 Å². The van der Waals surface area contributed by atoms with E-state index in [1.54, 1.807) is 19.9 Å². The Bertz CT molecular complexity index is 752. The third kappa shape index (κ3) is 3.06. The van der Waals surface area contributed by atoms with Crippen LogP contribution in [0.25, 0.3) is 11.1 Å². The first kappa shape index (κ1) is 16.2. The van der Waals surface area contributed by atoms with E-state index in [0.717, 1.165) is 22.3 Å². The molecule has 2 aromatic carbocycles. The smallest absolute Gasteiger partial charge is 0.384 e. The molecule has 122 valence electrons. The van der Waals surface area contributed by atoms with Crippen LogP contribution in [0.3, 0.4) is 0 Å². The summed E-state index contributed by atoms with van der Waals surface area (Å²) in [7, 11) is -3.39. The standard InChI is InChI=1S/C17H20NO4P/c1-3-21-23(20,22-4-2)18-12-9-10-14-13-7-5-6-8-15(13)17(19)16(14)11-12/h5-11,17,19H,3-4H2,1-2H3,(H,18,20)/t17-/m1/s1. The van der Waals surface area contributed by atoms with Crippen molar-refractivity contribution in [2.45, 2.75) is 20.0 Å². The van der Waals surface area contributed by atoms with Crippen molar-refractivity contribution < 1.29 is 18.7 Å². The molecule has 0 aromatic heterocycles. The number of hydrogen-bond acceptors (Lipinski definition) is 4. The van der Waals surface area contributed by atoms with Crippen LogP contribution in [0.1, 0.15) is 31.1 Å². The van der Waals surface area contributed by atoms with Crippen LogP contribution >= 0.6 is 7.75 Å². The molecular formula is C17H20NO4P. The molecule has 0 heterocycles. The van der Waals surface area contributed by atoms with Gasteiger partial charge in [0.15, 0.2) is 0 Å². The van der Waals surface area contributed by atoms with Gasteiger partial charge in [0.05, 0.1) is 13.2 Å². The van der Waals surface area contributed by atoms with E-state index in [-0.39, 0.29) is 13.2 Å². The number of fused-ring (bicyclic) bond motifs is 3. The van der Waals surface area contributed by atoms with E-state index in [1.807, 2.05) is 36.4 Å². The predicted octanol–water partition coefficient (Wildman–Crippen LogP) is 4.34. The molecule has 0 fully saturated rings. The topological polar surface area (TPSA) is 67.8 Å². The number of aliphatic hydroxyl groups is 1. The Morgan fingerprint density at radius 3 is 2.39 bits per heavy atom. The zero-order valence-electron chi connectivity index (χ0n) is 13.2. The Balaban J connectivity index is 1.92.